The zero-order valence-corrected chi connectivity index (χ0v) is 14.8. The van der Waals surface area contributed by atoms with Gasteiger partial charge in [0.25, 0.3) is 0 Å². The van der Waals surface area contributed by atoms with E-state index in [9.17, 15) is 4.79 Å². The topological polar surface area (TPSA) is 20.3 Å². The second-order valence-electron chi connectivity index (χ2n) is 6.60. The predicted octanol–water partition coefficient (Wildman–Crippen LogP) is 5.05. The van der Waals surface area contributed by atoms with Crippen molar-refractivity contribution in [1.29, 1.82) is 0 Å². The van der Waals surface area contributed by atoms with Gasteiger partial charge in [-0.3, -0.25) is 9.69 Å². The number of hydrogen-bond acceptors (Lipinski definition) is 2. The highest BCUT2D eigenvalue weighted by atomic mass is 35.5. The Labute approximate surface area is 139 Å². The summed E-state index contributed by atoms with van der Waals surface area (Å²) in [7, 11) is 0. The van der Waals surface area contributed by atoms with Gasteiger partial charge in [0.15, 0.2) is 0 Å². The van der Waals surface area contributed by atoms with E-state index in [1.165, 1.54) is 5.56 Å². The summed E-state index contributed by atoms with van der Waals surface area (Å²) in [4.78, 5) is 14.7. The molecule has 0 N–H and O–H groups in total. The molecule has 2 rings (SSSR count). The van der Waals surface area contributed by atoms with E-state index in [1.807, 2.05) is 12.1 Å². The molecule has 0 heterocycles. The highest BCUT2D eigenvalue weighted by molar-refractivity contribution is 6.30. The number of Topliss-reactive ketones (excluding diaryl/α,β-unsaturated/α-hetero) is 1. The molecule has 22 heavy (non-hydrogen) atoms. The van der Waals surface area contributed by atoms with Gasteiger partial charge >= 0.3 is 0 Å². The maximum atomic E-state index is 12.1. The highest BCUT2D eigenvalue weighted by Crippen LogP contribution is 2.43. The molecule has 0 bridgehead atoms. The van der Waals surface area contributed by atoms with Crippen molar-refractivity contribution in [2.45, 2.75) is 58.4 Å². The summed E-state index contributed by atoms with van der Waals surface area (Å²) < 4.78 is 0. The lowest BCUT2D eigenvalue weighted by atomic mass is 9.70. The van der Waals surface area contributed by atoms with Crippen LogP contribution in [0.5, 0.6) is 0 Å². The van der Waals surface area contributed by atoms with Gasteiger partial charge in [0.05, 0.1) is 0 Å². The Bertz CT molecular complexity index is 493. The molecule has 0 saturated heterocycles. The van der Waals surface area contributed by atoms with Crippen LogP contribution in [0.2, 0.25) is 5.02 Å². The quantitative estimate of drug-likeness (QED) is 0.731. The van der Waals surface area contributed by atoms with E-state index in [0.29, 0.717) is 12.2 Å². The smallest absolute Gasteiger partial charge is 0.135 e. The van der Waals surface area contributed by atoms with Gasteiger partial charge in [-0.15, -0.1) is 0 Å². The fraction of sp³-hybridized carbons (Fsp3) is 0.632. The van der Waals surface area contributed by atoms with E-state index in [0.717, 1.165) is 43.8 Å². The molecule has 1 saturated carbocycles. The molecule has 2 nitrogen and oxygen atoms in total. The first-order valence-electron chi connectivity index (χ1n) is 8.57. The number of hydrogen-bond donors (Lipinski definition) is 0. The number of carbonyl (C=O) groups is 1. The molecule has 0 aromatic heterocycles. The van der Waals surface area contributed by atoms with Crippen LogP contribution in [0.25, 0.3) is 0 Å². The largest absolute Gasteiger partial charge is 0.299 e. The monoisotopic (exact) mass is 321 g/mol. The van der Waals surface area contributed by atoms with Gasteiger partial charge < -0.3 is 0 Å². The third-order valence-electron chi connectivity index (χ3n) is 4.95. The Hall–Kier alpha value is -0.860. The maximum absolute atomic E-state index is 12.1. The second kappa shape index (κ2) is 7.61. The number of halogens is 1. The summed E-state index contributed by atoms with van der Waals surface area (Å²) in [5.41, 5.74) is 1.31. The zero-order valence-electron chi connectivity index (χ0n) is 14.1. The molecule has 2 atom stereocenters. The van der Waals surface area contributed by atoms with Gasteiger partial charge in [0.2, 0.25) is 0 Å². The molecule has 0 spiro atoms. The van der Waals surface area contributed by atoms with Crippen LogP contribution in [0.1, 0.15) is 58.4 Å². The van der Waals surface area contributed by atoms with Crippen molar-refractivity contribution >= 4 is 17.4 Å². The van der Waals surface area contributed by atoms with Gasteiger partial charge in [-0.1, -0.05) is 44.5 Å². The predicted molar refractivity (Wildman–Crippen MR) is 93.3 cm³/mol. The van der Waals surface area contributed by atoms with Crippen LogP contribution in [-0.2, 0) is 10.3 Å². The van der Waals surface area contributed by atoms with Crippen LogP contribution in [-0.4, -0.2) is 23.8 Å². The third kappa shape index (κ3) is 3.55. The van der Waals surface area contributed by atoms with E-state index < -0.39 is 0 Å². The first-order chi connectivity index (χ1) is 10.5. The average Bonchev–Trinajstić information content (AvgIpc) is 2.51. The molecule has 0 amide bonds. The molecular formula is C19H28ClNO. The minimum absolute atomic E-state index is 0.00998. The van der Waals surface area contributed by atoms with Gasteiger partial charge in [0, 0.05) is 22.9 Å². The van der Waals surface area contributed by atoms with Crippen molar-refractivity contribution in [2.75, 3.05) is 13.1 Å². The number of ketones is 1. The Balaban J connectivity index is 2.43. The first-order valence-corrected chi connectivity index (χ1v) is 8.95. The molecule has 1 aromatic rings. The molecule has 1 fully saturated rings. The van der Waals surface area contributed by atoms with E-state index >= 15 is 0 Å². The third-order valence-corrected chi connectivity index (χ3v) is 5.20. The number of carbonyl (C=O) groups excluding carboxylic acids is 1. The summed E-state index contributed by atoms with van der Waals surface area (Å²) in [5, 5.41) is 0.774. The fourth-order valence-corrected chi connectivity index (χ4v) is 4.00. The lowest BCUT2D eigenvalue weighted by molar-refractivity contribution is -0.128. The summed E-state index contributed by atoms with van der Waals surface area (Å²) in [5.74, 6) is 0.554. The molecule has 1 aliphatic carbocycles. The standard InChI is InChI=1S/C19H28ClNO/c1-4-12-21(13-5-2)19(11-10-18(22)15(3)14-19)16-6-8-17(20)9-7-16/h6-9,15H,4-5,10-14H2,1-3H3. The van der Waals surface area contributed by atoms with Gasteiger partial charge in [-0.2, -0.15) is 0 Å². The summed E-state index contributed by atoms with van der Waals surface area (Å²) in [6.07, 6.45) is 4.81. The van der Waals surface area contributed by atoms with Crippen molar-refractivity contribution in [1.82, 2.24) is 4.90 Å². The Morgan fingerprint density at radius 3 is 2.27 bits per heavy atom. The molecule has 122 valence electrons. The van der Waals surface area contributed by atoms with E-state index in [1.54, 1.807) is 0 Å². The first kappa shape index (κ1) is 17.5. The van der Waals surface area contributed by atoms with Crippen LogP contribution >= 0.6 is 11.6 Å². The van der Waals surface area contributed by atoms with Gasteiger partial charge in [-0.25, -0.2) is 0 Å². The summed E-state index contributed by atoms with van der Waals surface area (Å²) >= 11 is 6.08. The Morgan fingerprint density at radius 1 is 1.18 bits per heavy atom. The Kier molecular flexibility index (Phi) is 6.05. The van der Waals surface area contributed by atoms with Crippen LogP contribution in [0.4, 0.5) is 0 Å². The average molecular weight is 322 g/mol. The van der Waals surface area contributed by atoms with Crippen molar-refractivity contribution in [2.24, 2.45) is 5.92 Å². The molecule has 3 heteroatoms. The lowest BCUT2D eigenvalue weighted by Crippen LogP contribution is -2.51. The minimum Gasteiger partial charge on any atom is -0.299 e. The molecule has 0 radical (unpaired) electrons. The number of nitrogens with zero attached hydrogens (tertiary/aromatic N) is 1. The SMILES string of the molecule is CCCN(CCC)C1(c2ccc(Cl)cc2)CCC(=O)C(C)C1. The van der Waals surface area contributed by atoms with E-state index in [-0.39, 0.29) is 11.5 Å². The van der Waals surface area contributed by atoms with Crippen LogP contribution in [0, 0.1) is 5.92 Å². The molecule has 2 unspecified atom stereocenters. The van der Waals surface area contributed by atoms with Crippen molar-refractivity contribution in [3.63, 3.8) is 0 Å². The Morgan fingerprint density at radius 2 is 1.77 bits per heavy atom. The summed E-state index contributed by atoms with van der Waals surface area (Å²) in [6, 6.07) is 8.28. The van der Waals surface area contributed by atoms with Crippen LogP contribution in [0.15, 0.2) is 24.3 Å². The van der Waals surface area contributed by atoms with Crippen molar-refractivity contribution in [3.8, 4) is 0 Å². The molecule has 0 aliphatic heterocycles. The van der Waals surface area contributed by atoms with Crippen molar-refractivity contribution in [3.05, 3.63) is 34.9 Å². The minimum atomic E-state index is -0.00998. The van der Waals surface area contributed by atoms with Crippen LogP contribution in [0.3, 0.4) is 0 Å². The van der Waals surface area contributed by atoms with Crippen LogP contribution < -0.4 is 0 Å². The van der Waals surface area contributed by atoms with Crippen molar-refractivity contribution < 1.29 is 4.79 Å². The second-order valence-corrected chi connectivity index (χ2v) is 7.03. The molecule has 1 aliphatic rings. The lowest BCUT2D eigenvalue weighted by Gasteiger charge is -2.48. The number of rotatable bonds is 6. The molecule has 1 aromatic carbocycles. The number of benzene rings is 1. The van der Waals surface area contributed by atoms with Gasteiger partial charge in [-0.05, 0) is 56.5 Å². The highest BCUT2D eigenvalue weighted by Gasteiger charge is 2.43. The van der Waals surface area contributed by atoms with E-state index in [4.69, 9.17) is 11.6 Å². The fourth-order valence-electron chi connectivity index (χ4n) is 3.87. The zero-order chi connectivity index (χ0) is 16.2. The maximum Gasteiger partial charge on any atom is 0.135 e. The van der Waals surface area contributed by atoms with E-state index in [2.05, 4.69) is 37.8 Å². The normalized spacial score (nSPS) is 25.7. The van der Waals surface area contributed by atoms with Gasteiger partial charge in [0.1, 0.15) is 5.78 Å². The summed E-state index contributed by atoms with van der Waals surface area (Å²) in [6.45, 7) is 8.71. The molecular weight excluding hydrogens is 294 g/mol.